The molecule has 0 bridgehead atoms. The van der Waals surface area contributed by atoms with Crippen molar-refractivity contribution in [2.75, 3.05) is 13.2 Å². The van der Waals surface area contributed by atoms with Crippen LogP contribution in [-0.4, -0.2) is 37.2 Å². The van der Waals surface area contributed by atoms with Crippen molar-refractivity contribution in [2.24, 2.45) is 0 Å². The number of carbonyl (C=O) groups is 3. The summed E-state index contributed by atoms with van der Waals surface area (Å²) in [5.41, 5.74) is 0. The van der Waals surface area contributed by atoms with Crippen molar-refractivity contribution in [3.63, 3.8) is 0 Å². The number of rotatable bonds is 56. The molecule has 0 aromatic rings. The second-order valence-corrected chi connectivity index (χ2v) is 20.6. The zero-order chi connectivity index (χ0) is 52.2. The molecule has 0 heterocycles. The summed E-state index contributed by atoms with van der Waals surface area (Å²) in [6, 6.07) is 0. The second kappa shape index (κ2) is 60.4. The Morgan fingerprint density at radius 2 is 0.542 bits per heavy atom. The van der Waals surface area contributed by atoms with Gasteiger partial charge >= 0.3 is 17.9 Å². The van der Waals surface area contributed by atoms with Crippen molar-refractivity contribution in [2.45, 2.75) is 316 Å². The number of hydrogen-bond donors (Lipinski definition) is 0. The van der Waals surface area contributed by atoms with Gasteiger partial charge in [0.1, 0.15) is 13.2 Å². The molecule has 0 saturated heterocycles. The lowest BCUT2D eigenvalue weighted by Gasteiger charge is -2.18. The van der Waals surface area contributed by atoms with Gasteiger partial charge in [-0.15, -0.1) is 0 Å². The van der Waals surface area contributed by atoms with Gasteiger partial charge in [-0.2, -0.15) is 0 Å². The molecule has 0 amide bonds. The van der Waals surface area contributed by atoms with E-state index in [0.29, 0.717) is 19.3 Å². The smallest absolute Gasteiger partial charge is 0.306 e. The predicted octanol–water partition coefficient (Wildman–Crippen LogP) is 20.9. The Kier molecular flexibility index (Phi) is 57.8. The van der Waals surface area contributed by atoms with E-state index in [-0.39, 0.29) is 31.1 Å². The van der Waals surface area contributed by atoms with Crippen LogP contribution in [0.25, 0.3) is 0 Å². The maximum Gasteiger partial charge on any atom is 0.306 e. The maximum absolute atomic E-state index is 12.8. The normalized spacial score (nSPS) is 12.5. The van der Waals surface area contributed by atoms with Crippen LogP contribution in [0.2, 0.25) is 0 Å². The molecule has 0 aromatic carbocycles. The number of esters is 3. The molecule has 0 radical (unpaired) electrons. The molecule has 0 rings (SSSR count). The van der Waals surface area contributed by atoms with Crippen molar-refractivity contribution in [1.82, 2.24) is 0 Å². The molecule has 0 aliphatic rings. The van der Waals surface area contributed by atoms with E-state index < -0.39 is 6.10 Å². The summed E-state index contributed by atoms with van der Waals surface area (Å²) in [5.74, 6) is -0.872. The second-order valence-electron chi connectivity index (χ2n) is 20.6. The molecule has 0 fully saturated rings. The van der Waals surface area contributed by atoms with E-state index in [9.17, 15) is 14.4 Å². The number of unbranched alkanes of at least 4 members (excludes halogenated alkanes) is 33. The first-order valence-electron chi connectivity index (χ1n) is 30.9. The molecule has 1 unspecified atom stereocenters. The van der Waals surface area contributed by atoms with Gasteiger partial charge in [0.05, 0.1) is 0 Å². The molecular formula is C66H116O6. The minimum Gasteiger partial charge on any atom is -0.462 e. The van der Waals surface area contributed by atoms with Gasteiger partial charge in [0.2, 0.25) is 0 Å². The van der Waals surface area contributed by atoms with Gasteiger partial charge in [-0.05, 0) is 89.9 Å². The largest absolute Gasteiger partial charge is 0.462 e. The number of ether oxygens (including phenoxy) is 3. The summed E-state index contributed by atoms with van der Waals surface area (Å²) in [7, 11) is 0. The van der Waals surface area contributed by atoms with Gasteiger partial charge in [-0.25, -0.2) is 0 Å². The predicted molar refractivity (Wildman–Crippen MR) is 311 cm³/mol. The van der Waals surface area contributed by atoms with Crippen molar-refractivity contribution >= 4 is 17.9 Å². The van der Waals surface area contributed by atoms with Crippen molar-refractivity contribution in [3.8, 4) is 0 Å². The Morgan fingerprint density at radius 3 is 0.861 bits per heavy atom. The quantitative estimate of drug-likeness (QED) is 0.0261. The standard InChI is InChI=1S/C66H116O6/c1-4-7-10-13-16-19-21-23-25-27-28-29-30-31-32-33-34-35-36-37-38-40-41-43-45-47-50-53-56-59-65(68)71-62-63(61-70-64(67)58-55-52-49-18-15-12-9-6-3)72-66(69)60-57-54-51-48-46-44-42-39-26-24-22-20-17-14-11-8-5-2/h7,10,16,19,23-26,28-29,31-32,63H,4-6,8-9,11-15,17-18,20-22,27,30,33-62H2,1-3H3/b10-7-,19-16-,25-23-,26-24-,29-28-,32-31-. The lowest BCUT2D eigenvalue weighted by atomic mass is 10.0. The van der Waals surface area contributed by atoms with E-state index in [1.165, 1.54) is 180 Å². The molecule has 6 nitrogen and oxygen atoms in total. The minimum atomic E-state index is -0.774. The molecule has 72 heavy (non-hydrogen) atoms. The highest BCUT2D eigenvalue weighted by atomic mass is 16.6. The number of carbonyl (C=O) groups excluding carboxylic acids is 3. The fourth-order valence-electron chi connectivity index (χ4n) is 8.82. The van der Waals surface area contributed by atoms with Gasteiger partial charge < -0.3 is 14.2 Å². The fraction of sp³-hybridized carbons (Fsp3) is 0.773. The monoisotopic (exact) mass is 1000 g/mol. The summed E-state index contributed by atoms with van der Waals surface area (Å²) in [5, 5.41) is 0. The van der Waals surface area contributed by atoms with Crippen LogP contribution in [0.15, 0.2) is 72.9 Å². The van der Waals surface area contributed by atoms with Crippen LogP contribution in [0.4, 0.5) is 0 Å². The van der Waals surface area contributed by atoms with Crippen LogP contribution in [0.1, 0.15) is 310 Å². The van der Waals surface area contributed by atoms with E-state index in [2.05, 4.69) is 93.7 Å². The van der Waals surface area contributed by atoms with Crippen LogP contribution >= 0.6 is 0 Å². The third-order valence-electron chi connectivity index (χ3n) is 13.4. The van der Waals surface area contributed by atoms with E-state index >= 15 is 0 Å². The molecular weight excluding hydrogens is 889 g/mol. The average Bonchev–Trinajstić information content (AvgIpc) is 3.38. The molecule has 0 aromatic heterocycles. The van der Waals surface area contributed by atoms with Crippen LogP contribution < -0.4 is 0 Å². The first kappa shape index (κ1) is 68.8. The molecule has 0 aliphatic carbocycles. The van der Waals surface area contributed by atoms with Crippen molar-refractivity contribution < 1.29 is 28.6 Å². The van der Waals surface area contributed by atoms with Crippen LogP contribution in [-0.2, 0) is 28.6 Å². The van der Waals surface area contributed by atoms with Crippen molar-refractivity contribution in [1.29, 1.82) is 0 Å². The maximum atomic E-state index is 12.8. The molecule has 0 saturated carbocycles. The Labute approximate surface area is 446 Å². The highest BCUT2D eigenvalue weighted by Crippen LogP contribution is 2.16. The first-order valence-corrected chi connectivity index (χ1v) is 30.9. The zero-order valence-electron chi connectivity index (χ0n) is 47.7. The van der Waals surface area contributed by atoms with E-state index in [4.69, 9.17) is 14.2 Å². The molecule has 0 aliphatic heterocycles. The van der Waals surface area contributed by atoms with Crippen LogP contribution in [0, 0.1) is 0 Å². The third kappa shape index (κ3) is 57.7. The fourth-order valence-corrected chi connectivity index (χ4v) is 8.82. The zero-order valence-corrected chi connectivity index (χ0v) is 47.7. The summed E-state index contributed by atoms with van der Waals surface area (Å²) < 4.78 is 16.8. The summed E-state index contributed by atoms with van der Waals surface area (Å²) in [4.78, 5) is 38.1. The first-order chi connectivity index (χ1) is 35.5. The third-order valence-corrected chi connectivity index (χ3v) is 13.4. The Bertz CT molecular complexity index is 1340. The highest BCUT2D eigenvalue weighted by Gasteiger charge is 2.19. The van der Waals surface area contributed by atoms with Crippen molar-refractivity contribution in [3.05, 3.63) is 72.9 Å². The molecule has 0 N–H and O–H groups in total. The molecule has 416 valence electrons. The summed E-state index contributed by atoms with van der Waals surface area (Å²) in [6.07, 6.45) is 77.8. The molecule has 6 heteroatoms. The molecule has 1 atom stereocenters. The van der Waals surface area contributed by atoms with Gasteiger partial charge in [0.15, 0.2) is 6.10 Å². The Hall–Kier alpha value is -3.15. The minimum absolute atomic E-state index is 0.0739. The Balaban J connectivity index is 4.13. The average molecular weight is 1010 g/mol. The van der Waals surface area contributed by atoms with Gasteiger partial charge in [0, 0.05) is 19.3 Å². The lowest BCUT2D eigenvalue weighted by Crippen LogP contribution is -2.30. The molecule has 0 spiro atoms. The van der Waals surface area contributed by atoms with Gasteiger partial charge in [0.25, 0.3) is 0 Å². The van der Waals surface area contributed by atoms with Crippen LogP contribution in [0.5, 0.6) is 0 Å². The van der Waals surface area contributed by atoms with Gasteiger partial charge in [-0.1, -0.05) is 273 Å². The van der Waals surface area contributed by atoms with E-state index in [0.717, 1.165) is 89.9 Å². The summed E-state index contributed by atoms with van der Waals surface area (Å²) in [6.45, 7) is 6.52. The summed E-state index contributed by atoms with van der Waals surface area (Å²) >= 11 is 0. The van der Waals surface area contributed by atoms with Crippen LogP contribution in [0.3, 0.4) is 0 Å². The van der Waals surface area contributed by atoms with E-state index in [1.54, 1.807) is 0 Å². The highest BCUT2D eigenvalue weighted by molar-refractivity contribution is 5.71. The topological polar surface area (TPSA) is 78.9 Å². The number of hydrogen-bond acceptors (Lipinski definition) is 6. The lowest BCUT2D eigenvalue weighted by molar-refractivity contribution is -0.167. The Morgan fingerprint density at radius 1 is 0.292 bits per heavy atom. The van der Waals surface area contributed by atoms with Gasteiger partial charge in [-0.3, -0.25) is 14.4 Å². The number of allylic oxidation sites excluding steroid dienone is 12. The van der Waals surface area contributed by atoms with E-state index in [1.807, 2.05) is 0 Å². The SMILES string of the molecule is CC/C=C\C/C=C\C/C=C\C/C=C\C/C=C\CCCCCCCCCCCCCCCC(=O)OCC(COC(=O)CCCCCCCCCC)OC(=O)CCCCCCCCC/C=C\CCCCCCCC.